The van der Waals surface area contributed by atoms with E-state index in [1.54, 1.807) is 16.9 Å². The standard InChI is InChI=1S/C25H26N4O4/c1-3-28-13-14-29(24(31)21-11-12-23(30)27-26-21)22(25(28)32)15-17-7-9-18(10-8-17)19-5-4-6-20(16-19)33-2/h4-12,16,22H,3,13-15H2,1-2H3,(H,27,30)/t22-/m0/s1. The molecule has 0 bridgehead atoms. The van der Waals surface area contributed by atoms with E-state index in [9.17, 15) is 14.4 Å². The number of methoxy groups -OCH3 is 1. The molecule has 1 atom stereocenters. The lowest BCUT2D eigenvalue weighted by Gasteiger charge is -2.40. The summed E-state index contributed by atoms with van der Waals surface area (Å²) in [6, 6.07) is 17.8. The molecule has 2 amide bonds. The number of hydrogen-bond acceptors (Lipinski definition) is 5. The predicted octanol–water partition coefficient (Wildman–Crippen LogP) is 2.36. The van der Waals surface area contributed by atoms with Crippen LogP contribution in [-0.2, 0) is 11.2 Å². The second kappa shape index (κ2) is 9.68. The third-order valence-corrected chi connectivity index (χ3v) is 5.91. The zero-order valence-electron chi connectivity index (χ0n) is 18.7. The Bertz CT molecular complexity index is 1190. The van der Waals surface area contributed by atoms with Gasteiger partial charge in [-0.15, -0.1) is 0 Å². The van der Waals surface area contributed by atoms with E-state index < -0.39 is 6.04 Å². The highest BCUT2D eigenvalue weighted by Gasteiger charge is 2.37. The van der Waals surface area contributed by atoms with Crippen LogP contribution in [0.3, 0.4) is 0 Å². The van der Waals surface area contributed by atoms with Gasteiger partial charge < -0.3 is 14.5 Å². The maximum atomic E-state index is 13.2. The smallest absolute Gasteiger partial charge is 0.275 e. The number of hydrogen-bond donors (Lipinski definition) is 1. The van der Waals surface area contributed by atoms with Crippen LogP contribution < -0.4 is 10.3 Å². The fourth-order valence-electron chi connectivity index (χ4n) is 4.06. The molecule has 4 rings (SSSR count). The molecule has 2 heterocycles. The fourth-order valence-corrected chi connectivity index (χ4v) is 4.06. The summed E-state index contributed by atoms with van der Waals surface area (Å²) >= 11 is 0. The largest absolute Gasteiger partial charge is 0.497 e. The Balaban J connectivity index is 1.58. The molecule has 170 valence electrons. The summed E-state index contributed by atoms with van der Waals surface area (Å²) in [6.45, 7) is 3.39. The first kappa shape index (κ1) is 22.3. The molecular formula is C25H26N4O4. The van der Waals surface area contributed by atoms with Gasteiger partial charge in [0.15, 0.2) is 0 Å². The third-order valence-electron chi connectivity index (χ3n) is 5.91. The number of aromatic amines is 1. The van der Waals surface area contributed by atoms with Crippen LogP contribution in [0, 0.1) is 0 Å². The lowest BCUT2D eigenvalue weighted by molar-refractivity contribution is -0.139. The molecule has 33 heavy (non-hydrogen) atoms. The normalized spacial score (nSPS) is 16.1. The van der Waals surface area contributed by atoms with E-state index in [1.807, 2.05) is 55.5 Å². The van der Waals surface area contributed by atoms with Gasteiger partial charge >= 0.3 is 0 Å². The van der Waals surface area contributed by atoms with Gasteiger partial charge in [0.05, 0.1) is 7.11 Å². The number of benzene rings is 2. The highest BCUT2D eigenvalue weighted by molar-refractivity contribution is 5.96. The molecule has 1 N–H and O–H groups in total. The van der Waals surface area contributed by atoms with Crippen LogP contribution >= 0.6 is 0 Å². The number of nitrogens with one attached hydrogen (secondary N) is 1. The number of ether oxygens (including phenoxy) is 1. The Morgan fingerprint density at radius 2 is 1.85 bits per heavy atom. The molecule has 0 spiro atoms. The van der Waals surface area contributed by atoms with Crippen molar-refractivity contribution in [3.8, 4) is 16.9 Å². The zero-order valence-corrected chi connectivity index (χ0v) is 18.7. The van der Waals surface area contributed by atoms with Crippen molar-refractivity contribution in [2.24, 2.45) is 0 Å². The highest BCUT2D eigenvalue weighted by Crippen LogP contribution is 2.25. The van der Waals surface area contributed by atoms with Crippen LogP contribution in [0.1, 0.15) is 23.0 Å². The molecule has 1 aliphatic rings. The van der Waals surface area contributed by atoms with E-state index in [0.717, 1.165) is 22.4 Å². The quantitative estimate of drug-likeness (QED) is 0.627. The summed E-state index contributed by atoms with van der Waals surface area (Å²) in [5.74, 6) is 0.334. The van der Waals surface area contributed by atoms with E-state index in [-0.39, 0.29) is 23.1 Å². The maximum Gasteiger partial charge on any atom is 0.275 e. The third kappa shape index (κ3) is 4.79. The van der Waals surface area contributed by atoms with E-state index in [2.05, 4.69) is 10.2 Å². The van der Waals surface area contributed by atoms with Crippen LogP contribution in [0.15, 0.2) is 65.5 Å². The molecule has 1 saturated heterocycles. The van der Waals surface area contributed by atoms with Crippen LogP contribution in [0.2, 0.25) is 0 Å². The molecule has 0 unspecified atom stereocenters. The van der Waals surface area contributed by atoms with Gasteiger partial charge in [0.25, 0.3) is 11.5 Å². The van der Waals surface area contributed by atoms with Gasteiger partial charge in [0.1, 0.15) is 17.5 Å². The fraction of sp³-hybridized carbons (Fsp3) is 0.280. The number of carbonyl (C=O) groups is 2. The highest BCUT2D eigenvalue weighted by atomic mass is 16.5. The van der Waals surface area contributed by atoms with Crippen molar-refractivity contribution in [2.45, 2.75) is 19.4 Å². The number of H-pyrrole nitrogens is 1. The summed E-state index contributed by atoms with van der Waals surface area (Å²) in [4.78, 5) is 40.9. The minimum Gasteiger partial charge on any atom is -0.497 e. The minimum absolute atomic E-state index is 0.0848. The molecular weight excluding hydrogens is 420 g/mol. The number of carbonyl (C=O) groups excluding carboxylic acids is 2. The topological polar surface area (TPSA) is 95.6 Å². The molecule has 8 heteroatoms. The SMILES string of the molecule is CCN1CCN(C(=O)c2ccc(=O)[nH]n2)[C@@H](Cc2ccc(-c3cccc(OC)c3)cc2)C1=O. The first-order chi connectivity index (χ1) is 16.0. The molecule has 0 saturated carbocycles. The number of aromatic nitrogens is 2. The number of likely N-dealkylation sites (N-methyl/N-ethyl adjacent to an activating group) is 1. The van der Waals surface area contributed by atoms with Crippen LogP contribution in [0.4, 0.5) is 0 Å². The maximum absolute atomic E-state index is 13.2. The van der Waals surface area contributed by atoms with E-state index in [1.165, 1.54) is 12.1 Å². The molecule has 8 nitrogen and oxygen atoms in total. The van der Waals surface area contributed by atoms with Crippen molar-refractivity contribution in [1.82, 2.24) is 20.0 Å². The average Bonchev–Trinajstić information content (AvgIpc) is 2.85. The first-order valence-electron chi connectivity index (χ1n) is 10.9. The zero-order chi connectivity index (χ0) is 23.4. The van der Waals surface area contributed by atoms with Crippen molar-refractivity contribution in [1.29, 1.82) is 0 Å². The Morgan fingerprint density at radius 3 is 2.52 bits per heavy atom. The second-order valence-corrected chi connectivity index (χ2v) is 7.87. The van der Waals surface area contributed by atoms with E-state index in [4.69, 9.17) is 4.74 Å². The summed E-state index contributed by atoms with van der Waals surface area (Å²) in [7, 11) is 1.64. The predicted molar refractivity (Wildman–Crippen MR) is 124 cm³/mol. The summed E-state index contributed by atoms with van der Waals surface area (Å²) < 4.78 is 5.31. The van der Waals surface area contributed by atoms with Gasteiger partial charge in [-0.05, 0) is 41.8 Å². The Morgan fingerprint density at radius 1 is 1.06 bits per heavy atom. The van der Waals surface area contributed by atoms with Crippen molar-refractivity contribution < 1.29 is 14.3 Å². The Kier molecular flexibility index (Phi) is 6.53. The molecule has 0 aliphatic carbocycles. The second-order valence-electron chi connectivity index (χ2n) is 7.87. The molecule has 3 aromatic rings. The Hall–Kier alpha value is -3.94. The average molecular weight is 447 g/mol. The van der Waals surface area contributed by atoms with Gasteiger partial charge in [-0.2, -0.15) is 5.10 Å². The number of rotatable bonds is 6. The van der Waals surface area contributed by atoms with Crippen molar-refractivity contribution >= 4 is 11.8 Å². The van der Waals surface area contributed by atoms with E-state index in [0.29, 0.717) is 26.1 Å². The van der Waals surface area contributed by atoms with E-state index >= 15 is 0 Å². The van der Waals surface area contributed by atoms with Gasteiger partial charge in [-0.3, -0.25) is 14.4 Å². The van der Waals surface area contributed by atoms with Crippen molar-refractivity contribution in [3.05, 3.63) is 82.3 Å². The van der Waals surface area contributed by atoms with Gasteiger partial charge in [0.2, 0.25) is 5.91 Å². The van der Waals surface area contributed by atoms with Crippen molar-refractivity contribution in [2.75, 3.05) is 26.7 Å². The molecule has 1 aliphatic heterocycles. The minimum atomic E-state index is -0.636. The van der Waals surface area contributed by atoms with Crippen LogP contribution in [0.5, 0.6) is 5.75 Å². The molecule has 2 aromatic carbocycles. The van der Waals surface area contributed by atoms with Crippen LogP contribution in [-0.4, -0.2) is 64.6 Å². The number of piperazine rings is 1. The lowest BCUT2D eigenvalue weighted by Crippen LogP contribution is -2.59. The number of nitrogens with zero attached hydrogens (tertiary/aromatic N) is 3. The first-order valence-corrected chi connectivity index (χ1v) is 10.9. The molecule has 0 radical (unpaired) electrons. The van der Waals surface area contributed by atoms with Gasteiger partial charge in [0, 0.05) is 32.1 Å². The molecule has 1 fully saturated rings. The Labute approximate surface area is 191 Å². The summed E-state index contributed by atoms with van der Waals surface area (Å²) in [5.41, 5.74) is 2.75. The monoisotopic (exact) mass is 446 g/mol. The van der Waals surface area contributed by atoms with Gasteiger partial charge in [-0.1, -0.05) is 36.4 Å². The summed E-state index contributed by atoms with van der Waals surface area (Å²) in [5, 5.41) is 6.14. The molecule has 1 aromatic heterocycles. The van der Waals surface area contributed by atoms with Crippen molar-refractivity contribution in [3.63, 3.8) is 0 Å². The summed E-state index contributed by atoms with van der Waals surface area (Å²) in [6.07, 6.45) is 0.392. The number of amides is 2. The lowest BCUT2D eigenvalue weighted by atomic mass is 9.98. The van der Waals surface area contributed by atoms with Gasteiger partial charge in [-0.25, -0.2) is 5.10 Å². The van der Waals surface area contributed by atoms with Crippen LogP contribution in [0.25, 0.3) is 11.1 Å².